The zero-order valence-corrected chi connectivity index (χ0v) is 44.5. The lowest BCUT2D eigenvalue weighted by Crippen LogP contribution is -2.69. The zero-order chi connectivity index (χ0) is 48.8. The van der Waals surface area contributed by atoms with E-state index in [1.54, 1.807) is 6.07 Å². The van der Waals surface area contributed by atoms with Crippen molar-refractivity contribution >= 4 is 48.8 Å². The van der Waals surface area contributed by atoms with Crippen molar-refractivity contribution in [2.45, 2.75) is 161 Å². The van der Waals surface area contributed by atoms with Gasteiger partial charge in [-0.1, -0.05) is 98.7 Å². The number of amides is 2. The summed E-state index contributed by atoms with van der Waals surface area (Å²) in [5.74, 6) is -0.868. The highest BCUT2D eigenvalue weighted by atomic mass is 28.4. The van der Waals surface area contributed by atoms with Crippen molar-refractivity contribution < 1.29 is 56.3 Å². The van der Waals surface area contributed by atoms with Gasteiger partial charge in [-0.3, -0.25) is 10.1 Å². The van der Waals surface area contributed by atoms with Gasteiger partial charge in [0.1, 0.15) is 31.5 Å². The number of nitro benzene ring substituents is 1. The van der Waals surface area contributed by atoms with Crippen molar-refractivity contribution in [1.82, 2.24) is 9.80 Å². The van der Waals surface area contributed by atoms with E-state index in [-0.39, 0.29) is 47.2 Å². The van der Waals surface area contributed by atoms with Crippen LogP contribution in [0.3, 0.4) is 0 Å². The highest BCUT2D eigenvalue weighted by molar-refractivity contribution is 6.75. The summed E-state index contributed by atoms with van der Waals surface area (Å²) in [7, 11) is -3.86. The second-order valence-corrected chi connectivity index (χ2v) is 35.4. The molecule has 19 heteroatoms. The minimum Gasteiger partial charge on any atom is -0.459 e. The molecule has 0 spiro atoms. The molecule has 0 bridgehead atoms. The third kappa shape index (κ3) is 14.1. The number of carbonyl (C=O) groups is 3. The van der Waals surface area contributed by atoms with E-state index < -0.39 is 84.4 Å². The molecule has 0 N–H and O–H groups in total. The Morgan fingerprint density at radius 2 is 1.14 bits per heavy atom. The number of nitro groups is 1. The summed E-state index contributed by atoms with van der Waals surface area (Å²) in [4.78, 5) is 53.9. The van der Waals surface area contributed by atoms with Crippen LogP contribution in [0.5, 0.6) is 5.75 Å². The van der Waals surface area contributed by atoms with Crippen LogP contribution in [0, 0.1) is 10.1 Å². The van der Waals surface area contributed by atoms with Crippen LogP contribution in [0.4, 0.5) is 15.3 Å². The lowest BCUT2D eigenvalue weighted by Gasteiger charge is -2.53. The maximum Gasteiger partial charge on any atom is 0.409 e. The van der Waals surface area contributed by atoms with E-state index in [9.17, 15) is 24.5 Å². The number of hydrogen-bond donors (Lipinski definition) is 0. The van der Waals surface area contributed by atoms with Crippen molar-refractivity contribution in [3.05, 3.63) is 69.8 Å². The molecule has 2 aromatic carbocycles. The SMILES string of the molecule is COC(=O)N(C)CCN(C)C(=O)OCc1ccc(OC2OC(C(=O)OCc3ccccc3)C(O[Si](C)(C)C(C)(C)C)C(O[Si](C)(C)C(C)(C)C)C2O[Si](C)(C)C(C)(C)C)c([N+](=O)[O-])c1. The van der Waals surface area contributed by atoms with Crippen LogP contribution in [0.1, 0.15) is 73.4 Å². The van der Waals surface area contributed by atoms with Gasteiger partial charge in [0, 0.05) is 33.3 Å². The van der Waals surface area contributed by atoms with Crippen molar-refractivity contribution in [3.63, 3.8) is 0 Å². The van der Waals surface area contributed by atoms with Gasteiger partial charge in [-0.15, -0.1) is 0 Å². The summed E-state index contributed by atoms with van der Waals surface area (Å²) in [5.41, 5.74) is 0.658. The van der Waals surface area contributed by atoms with Crippen molar-refractivity contribution in [3.8, 4) is 5.75 Å². The topological polar surface area (TPSA) is 175 Å². The van der Waals surface area contributed by atoms with Crippen molar-refractivity contribution in [2.24, 2.45) is 0 Å². The van der Waals surface area contributed by atoms with E-state index in [1.807, 2.05) is 30.3 Å². The molecular weight excluding hydrogens is 875 g/mol. The first-order valence-electron chi connectivity index (χ1n) is 21.7. The lowest BCUT2D eigenvalue weighted by atomic mass is 9.99. The smallest absolute Gasteiger partial charge is 0.409 e. The van der Waals surface area contributed by atoms with E-state index in [0.717, 1.165) is 5.56 Å². The molecule has 3 rings (SSSR count). The lowest BCUT2D eigenvalue weighted by molar-refractivity contribution is -0.387. The molecule has 1 fully saturated rings. The third-order valence-electron chi connectivity index (χ3n) is 13.1. The Bertz CT molecular complexity index is 1910. The highest BCUT2D eigenvalue weighted by Crippen LogP contribution is 2.47. The maximum atomic E-state index is 14.6. The standard InChI is InChI=1S/C45H75N3O13Si3/c1-43(2,3)62(13,14)59-35-36(60-63(15,16)44(4,5)6)38(61-64(17,18)45(7,8)9)40(58-37(35)39(49)55-29-31-22-20-19-21-23-31)57-34-25-24-32(28-33(34)48(52)53)30-56-42(51)47(11)27-26-46(10)41(50)54-12/h19-25,28,35-38,40H,26-27,29-30H2,1-18H3. The van der Waals surface area contributed by atoms with Crippen LogP contribution in [0.2, 0.25) is 54.4 Å². The number of hydrogen-bond acceptors (Lipinski definition) is 13. The van der Waals surface area contributed by atoms with E-state index in [2.05, 4.69) is 102 Å². The molecule has 1 aliphatic rings. The fourth-order valence-corrected chi connectivity index (χ4v) is 9.63. The Labute approximate surface area is 384 Å². The average Bonchev–Trinajstić information content (AvgIpc) is 3.18. The Morgan fingerprint density at radius 1 is 0.672 bits per heavy atom. The summed E-state index contributed by atoms with van der Waals surface area (Å²) in [5, 5.41) is 11.9. The van der Waals surface area contributed by atoms with Crippen LogP contribution >= 0.6 is 0 Å². The Morgan fingerprint density at radius 3 is 1.62 bits per heavy atom. The predicted octanol–water partition coefficient (Wildman–Crippen LogP) is 9.88. The fraction of sp³-hybridized carbons (Fsp3) is 0.667. The average molecular weight is 950 g/mol. The van der Waals surface area contributed by atoms with E-state index in [1.165, 1.54) is 43.1 Å². The molecular formula is C45H75N3O13Si3. The summed E-state index contributed by atoms with van der Waals surface area (Å²) in [6.07, 6.45) is -7.05. The summed E-state index contributed by atoms with van der Waals surface area (Å²) in [6, 6.07) is 13.5. The molecule has 64 heavy (non-hydrogen) atoms. The molecule has 5 atom stereocenters. The van der Waals surface area contributed by atoms with Crippen LogP contribution in [0.15, 0.2) is 48.5 Å². The molecule has 16 nitrogen and oxygen atoms in total. The number of methoxy groups -OCH3 is 1. The van der Waals surface area contributed by atoms with Crippen LogP contribution < -0.4 is 4.74 Å². The molecule has 1 aliphatic heterocycles. The monoisotopic (exact) mass is 949 g/mol. The van der Waals surface area contributed by atoms with Gasteiger partial charge in [0.05, 0.1) is 12.0 Å². The summed E-state index contributed by atoms with van der Waals surface area (Å²) in [6.45, 7) is 31.6. The number of ether oxygens (including phenoxy) is 5. The minimum absolute atomic E-state index is 0.0344. The predicted molar refractivity (Wildman–Crippen MR) is 253 cm³/mol. The molecule has 2 amide bonds. The van der Waals surface area contributed by atoms with Crippen molar-refractivity contribution in [2.75, 3.05) is 34.3 Å². The minimum atomic E-state index is -2.74. The van der Waals surface area contributed by atoms with Gasteiger partial charge in [-0.05, 0) is 71.6 Å². The van der Waals surface area contributed by atoms with Gasteiger partial charge in [0.2, 0.25) is 6.29 Å². The highest BCUT2D eigenvalue weighted by Gasteiger charge is 2.59. The Kier molecular flexibility index (Phi) is 18.0. The Hall–Kier alpha value is -3.86. The molecule has 1 saturated heterocycles. The molecule has 5 unspecified atom stereocenters. The number of carbonyl (C=O) groups excluding carboxylic acids is 3. The molecule has 0 radical (unpaired) electrons. The summed E-state index contributed by atoms with van der Waals surface area (Å²) >= 11 is 0. The van der Waals surface area contributed by atoms with Crippen LogP contribution in [-0.4, -0.2) is 123 Å². The summed E-state index contributed by atoms with van der Waals surface area (Å²) < 4.78 is 51.3. The molecule has 0 aliphatic carbocycles. The number of rotatable bonds is 17. The van der Waals surface area contributed by atoms with Gasteiger partial charge >= 0.3 is 23.8 Å². The van der Waals surface area contributed by atoms with Crippen LogP contribution in [-0.2, 0) is 50.2 Å². The molecule has 1 heterocycles. The van der Waals surface area contributed by atoms with E-state index in [4.69, 9.17) is 37.0 Å². The first-order chi connectivity index (χ1) is 29.2. The number of esters is 1. The maximum absolute atomic E-state index is 14.6. The van der Waals surface area contributed by atoms with Gasteiger partial charge in [0.25, 0.3) is 0 Å². The fourth-order valence-electron chi connectivity index (χ4n) is 5.76. The number of benzene rings is 2. The van der Waals surface area contributed by atoms with Crippen molar-refractivity contribution in [1.29, 1.82) is 0 Å². The van der Waals surface area contributed by atoms with Gasteiger partial charge < -0.3 is 46.8 Å². The molecule has 2 aromatic rings. The molecule has 0 saturated carbocycles. The quantitative estimate of drug-likeness (QED) is 0.0482. The van der Waals surface area contributed by atoms with Gasteiger partial charge in [0.15, 0.2) is 36.8 Å². The zero-order valence-electron chi connectivity index (χ0n) is 41.5. The van der Waals surface area contributed by atoms with Gasteiger partial charge in [-0.25, -0.2) is 14.4 Å². The van der Waals surface area contributed by atoms with Crippen LogP contribution in [0.25, 0.3) is 0 Å². The first kappa shape index (κ1) is 54.5. The molecule has 360 valence electrons. The van der Waals surface area contributed by atoms with E-state index >= 15 is 0 Å². The first-order valence-corrected chi connectivity index (χ1v) is 30.5. The number of likely N-dealkylation sites (N-methyl/N-ethyl adjacent to an activating group) is 2. The van der Waals surface area contributed by atoms with E-state index in [0.29, 0.717) is 5.56 Å². The normalized spacial score (nSPS) is 19.9. The number of nitrogens with zero attached hydrogens (tertiary/aromatic N) is 3. The second-order valence-electron chi connectivity index (χ2n) is 21.1. The largest absolute Gasteiger partial charge is 0.459 e. The third-order valence-corrected chi connectivity index (χ3v) is 26.5. The van der Waals surface area contributed by atoms with Gasteiger partial charge in [-0.2, -0.15) is 0 Å². The molecule has 0 aromatic heterocycles. The Balaban J connectivity index is 2.19. The second kappa shape index (κ2) is 21.2.